The van der Waals surface area contributed by atoms with Crippen LogP contribution in [0.2, 0.25) is 0 Å². The normalized spacial score (nSPS) is 10.6. The molecule has 0 aliphatic carbocycles. The summed E-state index contributed by atoms with van der Waals surface area (Å²) in [5, 5.41) is 5.96. The molecule has 0 radical (unpaired) electrons. The van der Waals surface area contributed by atoms with Crippen molar-refractivity contribution in [2.24, 2.45) is 0 Å². The predicted molar refractivity (Wildman–Crippen MR) is 125 cm³/mol. The summed E-state index contributed by atoms with van der Waals surface area (Å²) in [5.41, 5.74) is 3.41. The number of carbonyl (C=O) groups excluding carboxylic acids is 2. The Hall–Kier alpha value is -2.62. The predicted octanol–water partition coefficient (Wildman–Crippen LogP) is 5.97. The van der Waals surface area contributed by atoms with Gasteiger partial charge in [0.15, 0.2) is 0 Å². The van der Waals surface area contributed by atoms with Crippen molar-refractivity contribution in [3.63, 3.8) is 0 Å². The first kappa shape index (κ1) is 23.7. The Bertz CT molecular complexity index is 699. The van der Waals surface area contributed by atoms with Crippen LogP contribution in [0.25, 0.3) is 11.1 Å². The van der Waals surface area contributed by atoms with Crippen LogP contribution in [0.3, 0.4) is 0 Å². The summed E-state index contributed by atoms with van der Waals surface area (Å²) in [6.45, 7) is 5.81. The summed E-state index contributed by atoms with van der Waals surface area (Å²) < 4.78 is 0. The zero-order valence-corrected chi connectivity index (χ0v) is 18.5. The van der Waals surface area contributed by atoms with Gasteiger partial charge in [-0.15, -0.1) is 0 Å². The highest BCUT2D eigenvalue weighted by Gasteiger charge is 2.07. The van der Waals surface area contributed by atoms with E-state index in [4.69, 9.17) is 0 Å². The van der Waals surface area contributed by atoms with Gasteiger partial charge in [-0.25, -0.2) is 0 Å². The van der Waals surface area contributed by atoms with Crippen LogP contribution in [0.1, 0.15) is 85.9 Å². The standard InChI is InChI=1S/C26H36N2O2/c1-3-5-7-9-19-27-25(29)23-15-11-21(12-16-23)22-13-17-24(18-14-22)26(30)28-20-10-8-6-4-2/h11-18H,3-10,19-20H2,1-2H3,(H,27,29)(H,28,30). The Labute approximate surface area is 181 Å². The molecule has 162 valence electrons. The monoisotopic (exact) mass is 408 g/mol. The summed E-state index contributed by atoms with van der Waals surface area (Å²) >= 11 is 0. The van der Waals surface area contributed by atoms with E-state index in [1.165, 1.54) is 25.7 Å². The number of nitrogens with one attached hydrogen (secondary N) is 2. The summed E-state index contributed by atoms with van der Waals surface area (Å²) in [4.78, 5) is 24.5. The fraction of sp³-hybridized carbons (Fsp3) is 0.462. The van der Waals surface area contributed by atoms with Crippen LogP contribution in [0.5, 0.6) is 0 Å². The van der Waals surface area contributed by atoms with Crippen molar-refractivity contribution in [2.45, 2.75) is 65.2 Å². The van der Waals surface area contributed by atoms with Crippen LogP contribution in [-0.2, 0) is 0 Å². The molecule has 0 aliphatic rings. The molecule has 4 heteroatoms. The molecular weight excluding hydrogens is 372 g/mol. The van der Waals surface area contributed by atoms with Crippen molar-refractivity contribution in [3.05, 3.63) is 59.7 Å². The average Bonchev–Trinajstić information content (AvgIpc) is 2.79. The molecule has 0 unspecified atom stereocenters. The molecule has 0 bridgehead atoms. The summed E-state index contributed by atoms with van der Waals surface area (Å²) in [7, 11) is 0. The van der Waals surface area contributed by atoms with E-state index in [0.29, 0.717) is 11.1 Å². The molecule has 0 aliphatic heterocycles. The highest BCUT2D eigenvalue weighted by atomic mass is 16.2. The molecule has 0 atom stereocenters. The lowest BCUT2D eigenvalue weighted by molar-refractivity contribution is 0.0944. The zero-order chi connectivity index (χ0) is 21.6. The first-order chi connectivity index (χ1) is 14.7. The topological polar surface area (TPSA) is 58.2 Å². The second-order valence-corrected chi connectivity index (χ2v) is 7.79. The molecular formula is C26H36N2O2. The van der Waals surface area contributed by atoms with Gasteiger partial charge < -0.3 is 10.6 Å². The third-order valence-corrected chi connectivity index (χ3v) is 5.26. The summed E-state index contributed by atoms with van der Waals surface area (Å²) in [6.07, 6.45) is 9.17. The lowest BCUT2D eigenvalue weighted by Gasteiger charge is -2.08. The van der Waals surface area contributed by atoms with Crippen molar-refractivity contribution in [3.8, 4) is 11.1 Å². The first-order valence-electron chi connectivity index (χ1n) is 11.4. The molecule has 2 aromatic carbocycles. The molecule has 2 amide bonds. The molecule has 0 heterocycles. The highest BCUT2D eigenvalue weighted by Crippen LogP contribution is 2.20. The van der Waals surface area contributed by atoms with E-state index in [0.717, 1.165) is 49.9 Å². The van der Waals surface area contributed by atoms with Crippen LogP contribution in [0, 0.1) is 0 Å². The number of hydrogen-bond donors (Lipinski definition) is 2. The maximum Gasteiger partial charge on any atom is 0.251 e. The van der Waals surface area contributed by atoms with Crippen LogP contribution in [-0.4, -0.2) is 24.9 Å². The van der Waals surface area contributed by atoms with Crippen LogP contribution in [0.4, 0.5) is 0 Å². The molecule has 2 aromatic rings. The summed E-state index contributed by atoms with van der Waals surface area (Å²) in [6, 6.07) is 15.2. The van der Waals surface area contributed by atoms with Gasteiger partial charge in [-0.05, 0) is 48.2 Å². The number of unbranched alkanes of at least 4 members (excludes halogenated alkanes) is 6. The minimum atomic E-state index is -0.0241. The van der Waals surface area contributed by atoms with Crippen molar-refractivity contribution in [2.75, 3.05) is 13.1 Å². The highest BCUT2D eigenvalue weighted by molar-refractivity contribution is 5.95. The van der Waals surface area contributed by atoms with Crippen LogP contribution < -0.4 is 10.6 Å². The Morgan fingerprint density at radius 1 is 0.567 bits per heavy atom. The lowest BCUT2D eigenvalue weighted by Crippen LogP contribution is -2.24. The number of rotatable bonds is 13. The lowest BCUT2D eigenvalue weighted by atomic mass is 10.0. The fourth-order valence-electron chi connectivity index (χ4n) is 3.34. The van der Waals surface area contributed by atoms with Gasteiger partial charge in [0.25, 0.3) is 11.8 Å². The smallest absolute Gasteiger partial charge is 0.251 e. The Morgan fingerprint density at radius 2 is 0.933 bits per heavy atom. The van der Waals surface area contributed by atoms with E-state index in [-0.39, 0.29) is 11.8 Å². The van der Waals surface area contributed by atoms with E-state index in [9.17, 15) is 9.59 Å². The number of benzene rings is 2. The molecule has 4 nitrogen and oxygen atoms in total. The van der Waals surface area contributed by atoms with E-state index in [2.05, 4.69) is 24.5 Å². The van der Waals surface area contributed by atoms with Crippen molar-refractivity contribution < 1.29 is 9.59 Å². The second-order valence-electron chi connectivity index (χ2n) is 7.79. The second kappa shape index (κ2) is 13.6. The third-order valence-electron chi connectivity index (χ3n) is 5.26. The Morgan fingerprint density at radius 3 is 1.27 bits per heavy atom. The van der Waals surface area contributed by atoms with Gasteiger partial charge in [-0.3, -0.25) is 9.59 Å². The van der Waals surface area contributed by atoms with Crippen molar-refractivity contribution in [1.29, 1.82) is 0 Å². The SMILES string of the molecule is CCCCCCNC(=O)c1ccc(-c2ccc(C(=O)NCCCCCC)cc2)cc1. The molecule has 2 rings (SSSR count). The van der Waals surface area contributed by atoms with Crippen LogP contribution >= 0.6 is 0 Å². The molecule has 0 spiro atoms. The molecule has 2 N–H and O–H groups in total. The van der Waals surface area contributed by atoms with Gasteiger partial charge in [0.05, 0.1) is 0 Å². The van der Waals surface area contributed by atoms with E-state index in [1.807, 2.05) is 48.5 Å². The van der Waals surface area contributed by atoms with Gasteiger partial charge in [-0.1, -0.05) is 76.6 Å². The fourth-order valence-corrected chi connectivity index (χ4v) is 3.34. The zero-order valence-electron chi connectivity index (χ0n) is 18.5. The first-order valence-corrected chi connectivity index (χ1v) is 11.4. The van der Waals surface area contributed by atoms with E-state index >= 15 is 0 Å². The molecule has 0 fully saturated rings. The van der Waals surface area contributed by atoms with Crippen molar-refractivity contribution in [1.82, 2.24) is 10.6 Å². The third kappa shape index (κ3) is 8.02. The minimum Gasteiger partial charge on any atom is -0.352 e. The Kier molecular flexibility index (Phi) is 10.7. The number of carbonyl (C=O) groups is 2. The van der Waals surface area contributed by atoms with Gasteiger partial charge in [0, 0.05) is 24.2 Å². The molecule has 0 saturated heterocycles. The minimum absolute atomic E-state index is 0.0241. The van der Waals surface area contributed by atoms with Gasteiger partial charge in [0.2, 0.25) is 0 Å². The van der Waals surface area contributed by atoms with Gasteiger partial charge >= 0.3 is 0 Å². The molecule has 30 heavy (non-hydrogen) atoms. The van der Waals surface area contributed by atoms with Gasteiger partial charge in [0.1, 0.15) is 0 Å². The largest absolute Gasteiger partial charge is 0.352 e. The van der Waals surface area contributed by atoms with E-state index < -0.39 is 0 Å². The quantitative estimate of drug-likeness (QED) is 0.401. The molecule has 0 aromatic heterocycles. The maximum atomic E-state index is 12.2. The van der Waals surface area contributed by atoms with Crippen molar-refractivity contribution >= 4 is 11.8 Å². The average molecular weight is 409 g/mol. The number of hydrogen-bond acceptors (Lipinski definition) is 2. The summed E-state index contributed by atoms with van der Waals surface area (Å²) in [5.74, 6) is -0.0481. The van der Waals surface area contributed by atoms with Gasteiger partial charge in [-0.2, -0.15) is 0 Å². The van der Waals surface area contributed by atoms with Crippen LogP contribution in [0.15, 0.2) is 48.5 Å². The molecule has 0 saturated carbocycles. The Balaban J connectivity index is 1.84. The van der Waals surface area contributed by atoms with E-state index in [1.54, 1.807) is 0 Å². The number of amides is 2. The maximum absolute atomic E-state index is 12.2.